The smallest absolute Gasteiger partial charge is 0.418 e. The van der Waals surface area contributed by atoms with Gasteiger partial charge in [0.05, 0.1) is 0 Å². The maximum atomic E-state index is 9.75. The minimum Gasteiger partial charge on any atom is -0.418 e. The van der Waals surface area contributed by atoms with Gasteiger partial charge in [-0.25, -0.2) is 0 Å². The number of hydrogen-bond donors (Lipinski definition) is 0. The fourth-order valence-electron chi connectivity index (χ4n) is 1.96. The average Bonchev–Trinajstić information content (AvgIpc) is 2.47. The van der Waals surface area contributed by atoms with Crippen molar-refractivity contribution in [2.75, 3.05) is 0 Å². The third kappa shape index (κ3) is 10.1. The highest BCUT2D eigenvalue weighted by Gasteiger charge is 2.23. The normalized spacial score (nSPS) is 11.3. The monoisotopic (exact) mass is 344 g/mol. The predicted octanol–water partition coefficient (Wildman–Crippen LogP) is 5.71. The van der Waals surface area contributed by atoms with E-state index in [4.69, 9.17) is 0 Å². The molecule has 2 rings (SSSR count). The van der Waals surface area contributed by atoms with Gasteiger partial charge in [-0.1, -0.05) is 60.7 Å². The van der Waals surface area contributed by atoms with Crippen LogP contribution in [-0.4, -0.2) is 12.5 Å². The molecule has 0 aliphatic rings. The van der Waals surface area contributed by atoms with Crippen molar-refractivity contribution in [2.45, 2.75) is 30.6 Å². The molecular formula is C17H21BF4S. The molecule has 0 bridgehead atoms. The zero-order valence-electron chi connectivity index (χ0n) is 13.3. The minimum atomic E-state index is -6.00. The first kappa shape index (κ1) is 19.6. The highest BCUT2D eigenvalue weighted by atomic mass is 32.2. The van der Waals surface area contributed by atoms with Crippen molar-refractivity contribution < 1.29 is 17.3 Å². The van der Waals surface area contributed by atoms with Crippen LogP contribution >= 0.6 is 0 Å². The third-order valence-corrected chi connectivity index (χ3v) is 5.80. The van der Waals surface area contributed by atoms with Crippen LogP contribution in [-0.2, 0) is 22.4 Å². The second kappa shape index (κ2) is 9.66. The third-order valence-electron chi connectivity index (χ3n) is 3.06. The molecule has 0 amide bonds. The fraction of sp³-hybridized carbons (Fsp3) is 0.294. The van der Waals surface area contributed by atoms with E-state index in [1.807, 2.05) is 0 Å². The summed E-state index contributed by atoms with van der Waals surface area (Å²) in [5, 5.41) is 0.741. The number of benzene rings is 2. The molecule has 0 atom stereocenters. The van der Waals surface area contributed by atoms with E-state index in [0.717, 1.165) is 5.25 Å². The van der Waals surface area contributed by atoms with Gasteiger partial charge in [-0.2, -0.15) is 0 Å². The van der Waals surface area contributed by atoms with E-state index in [0.29, 0.717) is 10.9 Å². The Bertz CT molecular complexity index is 496. The zero-order valence-corrected chi connectivity index (χ0v) is 14.1. The lowest BCUT2D eigenvalue weighted by atomic mass is 10.2. The first-order chi connectivity index (χ1) is 10.8. The van der Waals surface area contributed by atoms with Crippen molar-refractivity contribution in [1.82, 2.24) is 0 Å². The summed E-state index contributed by atoms with van der Waals surface area (Å²) in [4.78, 5) is 0. The number of hydrogen-bond acceptors (Lipinski definition) is 0. The van der Waals surface area contributed by atoms with Gasteiger partial charge in [0.2, 0.25) is 0 Å². The Kier molecular flexibility index (Phi) is 8.24. The average molecular weight is 344 g/mol. The molecule has 126 valence electrons. The zero-order chi connectivity index (χ0) is 17.3. The van der Waals surface area contributed by atoms with Crippen LogP contribution in [0.3, 0.4) is 0 Å². The summed E-state index contributed by atoms with van der Waals surface area (Å²) in [6.45, 7) is 4.68. The molecule has 0 aliphatic heterocycles. The Morgan fingerprint density at radius 2 is 1.04 bits per heavy atom. The highest BCUT2D eigenvalue weighted by Crippen LogP contribution is 2.19. The van der Waals surface area contributed by atoms with E-state index >= 15 is 0 Å². The van der Waals surface area contributed by atoms with Gasteiger partial charge in [0, 0.05) is 11.1 Å². The van der Waals surface area contributed by atoms with E-state index in [1.54, 1.807) is 0 Å². The quantitative estimate of drug-likeness (QED) is 0.370. The Balaban J connectivity index is 0.000000463. The van der Waals surface area contributed by atoms with Crippen molar-refractivity contribution >= 4 is 18.1 Å². The van der Waals surface area contributed by atoms with Crippen LogP contribution in [0.15, 0.2) is 60.7 Å². The lowest BCUT2D eigenvalue weighted by molar-refractivity contribution is 0.368. The van der Waals surface area contributed by atoms with Crippen molar-refractivity contribution in [3.8, 4) is 0 Å². The van der Waals surface area contributed by atoms with Gasteiger partial charge in [-0.15, -0.1) is 0 Å². The lowest BCUT2D eigenvalue weighted by Gasteiger charge is -2.12. The van der Waals surface area contributed by atoms with Crippen LogP contribution in [0.5, 0.6) is 0 Å². The molecule has 0 nitrogen and oxygen atoms in total. The van der Waals surface area contributed by atoms with Gasteiger partial charge in [-0.05, 0) is 24.7 Å². The van der Waals surface area contributed by atoms with E-state index in [2.05, 4.69) is 74.5 Å². The maximum Gasteiger partial charge on any atom is 0.673 e. The molecule has 0 heterocycles. The summed E-state index contributed by atoms with van der Waals surface area (Å²) in [6.07, 6.45) is 0. The Morgan fingerprint density at radius 3 is 1.30 bits per heavy atom. The second-order valence-electron chi connectivity index (χ2n) is 5.34. The van der Waals surface area contributed by atoms with Crippen LogP contribution in [0.2, 0.25) is 0 Å². The number of rotatable bonds is 5. The number of halogens is 4. The summed E-state index contributed by atoms with van der Waals surface area (Å²) < 4.78 is 39.0. The molecular weight excluding hydrogens is 323 g/mol. The Hall–Kier alpha value is -1.43. The summed E-state index contributed by atoms with van der Waals surface area (Å²) in [6, 6.07) is 21.7. The van der Waals surface area contributed by atoms with E-state index < -0.39 is 7.25 Å². The molecule has 0 fully saturated rings. The standard InChI is InChI=1S/C17H21S.BF4/c1-15(2)18(13-16-9-5-3-6-10-16)14-17-11-7-4-8-12-17;2-1(3,4)5/h3-12,15H,13-14H2,1-2H3;/q+1;-1. The highest BCUT2D eigenvalue weighted by molar-refractivity contribution is 7.95. The van der Waals surface area contributed by atoms with Crippen LogP contribution in [0.4, 0.5) is 17.3 Å². The summed E-state index contributed by atoms with van der Waals surface area (Å²) in [5.41, 5.74) is 2.93. The minimum absolute atomic E-state index is 0.422. The van der Waals surface area contributed by atoms with Gasteiger partial charge >= 0.3 is 7.25 Å². The Labute approximate surface area is 138 Å². The molecule has 0 spiro atoms. The second-order valence-corrected chi connectivity index (χ2v) is 7.94. The summed E-state index contributed by atoms with van der Waals surface area (Å²) >= 11 is 0. The summed E-state index contributed by atoms with van der Waals surface area (Å²) in [5.74, 6) is 2.40. The molecule has 23 heavy (non-hydrogen) atoms. The van der Waals surface area contributed by atoms with Gasteiger partial charge in [-0.3, -0.25) is 0 Å². The molecule has 0 aliphatic carbocycles. The fourth-order valence-corrected chi connectivity index (χ4v) is 3.97. The van der Waals surface area contributed by atoms with Gasteiger partial charge in [0.25, 0.3) is 0 Å². The molecule has 6 heteroatoms. The maximum absolute atomic E-state index is 9.75. The molecule has 0 aromatic heterocycles. The van der Waals surface area contributed by atoms with Crippen molar-refractivity contribution in [3.05, 3.63) is 71.8 Å². The van der Waals surface area contributed by atoms with E-state index in [1.165, 1.54) is 22.6 Å². The predicted molar refractivity (Wildman–Crippen MR) is 93.0 cm³/mol. The molecule has 0 N–H and O–H groups in total. The van der Waals surface area contributed by atoms with Crippen molar-refractivity contribution in [3.63, 3.8) is 0 Å². The lowest BCUT2D eigenvalue weighted by Crippen LogP contribution is -2.19. The van der Waals surface area contributed by atoms with Crippen LogP contribution in [0, 0.1) is 0 Å². The molecule has 2 aromatic rings. The first-order valence-corrected chi connectivity index (χ1v) is 9.00. The largest absolute Gasteiger partial charge is 0.673 e. The Morgan fingerprint density at radius 1 is 0.739 bits per heavy atom. The van der Waals surface area contributed by atoms with Crippen LogP contribution in [0.25, 0.3) is 0 Å². The molecule has 0 saturated carbocycles. The van der Waals surface area contributed by atoms with Crippen LogP contribution < -0.4 is 0 Å². The van der Waals surface area contributed by atoms with Gasteiger partial charge in [0.15, 0.2) is 0 Å². The first-order valence-electron chi connectivity index (χ1n) is 7.37. The van der Waals surface area contributed by atoms with Gasteiger partial charge < -0.3 is 17.3 Å². The topological polar surface area (TPSA) is 0 Å². The molecule has 0 unspecified atom stereocenters. The SMILES string of the molecule is CC(C)[S+](Cc1ccccc1)Cc1ccccc1.F[B-](F)(F)F. The molecule has 0 radical (unpaired) electrons. The van der Waals surface area contributed by atoms with E-state index in [-0.39, 0.29) is 0 Å². The van der Waals surface area contributed by atoms with Crippen LogP contribution in [0.1, 0.15) is 25.0 Å². The van der Waals surface area contributed by atoms with E-state index in [9.17, 15) is 17.3 Å². The molecule has 0 saturated heterocycles. The van der Waals surface area contributed by atoms with Gasteiger partial charge in [0.1, 0.15) is 16.8 Å². The van der Waals surface area contributed by atoms with Crippen molar-refractivity contribution in [1.29, 1.82) is 0 Å². The van der Waals surface area contributed by atoms with Crippen molar-refractivity contribution in [2.24, 2.45) is 0 Å². The summed E-state index contributed by atoms with van der Waals surface area (Å²) in [7, 11) is -5.58. The molecule has 2 aromatic carbocycles.